The summed E-state index contributed by atoms with van der Waals surface area (Å²) in [6, 6.07) is 5.15. The van der Waals surface area contributed by atoms with E-state index >= 15 is 0 Å². The van der Waals surface area contributed by atoms with Gasteiger partial charge < -0.3 is 14.2 Å². The smallest absolute Gasteiger partial charge is 0.265 e. The third-order valence-electron chi connectivity index (χ3n) is 3.38. The van der Waals surface area contributed by atoms with Crippen LogP contribution < -0.4 is 14.8 Å². The van der Waals surface area contributed by atoms with Crippen molar-refractivity contribution in [1.82, 2.24) is 10.2 Å². The molecule has 1 aromatic carbocycles. The Labute approximate surface area is 145 Å². The van der Waals surface area contributed by atoms with E-state index in [0.717, 1.165) is 5.01 Å². The predicted molar refractivity (Wildman–Crippen MR) is 92.3 cm³/mol. The van der Waals surface area contributed by atoms with Gasteiger partial charge in [0.25, 0.3) is 5.91 Å². The van der Waals surface area contributed by atoms with E-state index in [1.807, 2.05) is 13.8 Å². The number of rotatable bonds is 7. The van der Waals surface area contributed by atoms with Gasteiger partial charge in [0.05, 0.1) is 20.8 Å². The van der Waals surface area contributed by atoms with Gasteiger partial charge in [-0.05, 0) is 12.1 Å². The van der Waals surface area contributed by atoms with Gasteiger partial charge in [0, 0.05) is 12.5 Å². The van der Waals surface area contributed by atoms with Crippen LogP contribution in [0.1, 0.15) is 29.2 Å². The molecule has 1 heterocycles. The van der Waals surface area contributed by atoms with Crippen LogP contribution in [0.5, 0.6) is 11.5 Å². The number of nitrogens with one attached hydrogen (secondary N) is 1. The third-order valence-corrected chi connectivity index (χ3v) is 4.59. The van der Waals surface area contributed by atoms with E-state index in [-0.39, 0.29) is 11.3 Å². The van der Waals surface area contributed by atoms with Gasteiger partial charge in [-0.15, -0.1) is 10.2 Å². The van der Waals surface area contributed by atoms with Crippen LogP contribution in [0.15, 0.2) is 18.2 Å². The molecule has 0 radical (unpaired) electrons. The Morgan fingerprint density at radius 1 is 1.17 bits per heavy atom. The van der Waals surface area contributed by atoms with E-state index in [9.17, 15) is 4.79 Å². The standard InChI is InChI=1S/C16H21N3O4S/c1-16(2,9-21-3)14-18-19-15(24-14)17-13(20)12-10(22-4)7-6-8-11(12)23-5/h6-8H,9H2,1-5H3,(H,17,19,20). The van der Waals surface area contributed by atoms with Crippen LogP contribution in [0.3, 0.4) is 0 Å². The zero-order chi connectivity index (χ0) is 17.7. The number of methoxy groups -OCH3 is 3. The molecule has 0 bridgehead atoms. The Bertz CT molecular complexity index is 693. The number of anilines is 1. The summed E-state index contributed by atoms with van der Waals surface area (Å²) in [5, 5.41) is 12.1. The minimum atomic E-state index is -0.364. The number of carbonyl (C=O) groups excluding carboxylic acids is 1. The molecule has 0 unspecified atom stereocenters. The minimum Gasteiger partial charge on any atom is -0.496 e. The van der Waals surface area contributed by atoms with Crippen molar-refractivity contribution in [3.05, 3.63) is 28.8 Å². The van der Waals surface area contributed by atoms with Gasteiger partial charge >= 0.3 is 0 Å². The third kappa shape index (κ3) is 3.82. The van der Waals surface area contributed by atoms with Crippen molar-refractivity contribution in [2.45, 2.75) is 19.3 Å². The largest absolute Gasteiger partial charge is 0.496 e. The van der Waals surface area contributed by atoms with Crippen molar-refractivity contribution in [2.75, 3.05) is 33.3 Å². The molecular formula is C16H21N3O4S. The van der Waals surface area contributed by atoms with Gasteiger partial charge in [-0.1, -0.05) is 31.3 Å². The average molecular weight is 351 g/mol. The number of ether oxygens (including phenoxy) is 3. The molecule has 0 spiro atoms. The average Bonchev–Trinajstić information content (AvgIpc) is 3.03. The number of aromatic nitrogens is 2. The van der Waals surface area contributed by atoms with E-state index in [4.69, 9.17) is 14.2 Å². The lowest BCUT2D eigenvalue weighted by Crippen LogP contribution is -2.23. The maximum atomic E-state index is 12.6. The fourth-order valence-corrected chi connectivity index (χ4v) is 3.03. The van der Waals surface area contributed by atoms with E-state index in [1.165, 1.54) is 25.6 Å². The summed E-state index contributed by atoms with van der Waals surface area (Å²) in [6.07, 6.45) is 0. The molecular weight excluding hydrogens is 330 g/mol. The number of hydrogen-bond acceptors (Lipinski definition) is 7. The lowest BCUT2D eigenvalue weighted by atomic mass is 9.96. The molecule has 1 N–H and O–H groups in total. The first-order valence-corrected chi connectivity index (χ1v) is 8.10. The fraction of sp³-hybridized carbons (Fsp3) is 0.438. The molecule has 1 aromatic heterocycles. The van der Waals surface area contributed by atoms with Crippen molar-refractivity contribution in [3.8, 4) is 11.5 Å². The van der Waals surface area contributed by atoms with Crippen molar-refractivity contribution in [1.29, 1.82) is 0 Å². The zero-order valence-corrected chi connectivity index (χ0v) is 15.2. The summed E-state index contributed by atoms with van der Waals surface area (Å²) in [4.78, 5) is 12.6. The number of benzene rings is 1. The van der Waals surface area contributed by atoms with Crippen molar-refractivity contribution < 1.29 is 19.0 Å². The van der Waals surface area contributed by atoms with E-state index in [2.05, 4.69) is 15.5 Å². The number of nitrogens with zero attached hydrogens (tertiary/aromatic N) is 2. The second kappa shape index (κ2) is 7.59. The van der Waals surface area contributed by atoms with Crippen LogP contribution in [-0.2, 0) is 10.2 Å². The molecule has 0 fully saturated rings. The van der Waals surface area contributed by atoms with Crippen LogP contribution in [-0.4, -0.2) is 44.0 Å². The predicted octanol–water partition coefficient (Wildman–Crippen LogP) is 2.73. The molecule has 7 nitrogen and oxygen atoms in total. The molecule has 0 atom stereocenters. The number of carbonyl (C=O) groups is 1. The lowest BCUT2D eigenvalue weighted by molar-refractivity contribution is 0.102. The van der Waals surface area contributed by atoms with Gasteiger partial charge in [-0.25, -0.2) is 0 Å². The minimum absolute atomic E-state index is 0.280. The van der Waals surface area contributed by atoms with Crippen molar-refractivity contribution in [3.63, 3.8) is 0 Å². The molecule has 0 aliphatic rings. The Morgan fingerprint density at radius 3 is 2.33 bits per heavy atom. The summed E-state index contributed by atoms with van der Waals surface area (Å²) in [5.41, 5.74) is 0.0349. The van der Waals surface area contributed by atoms with Gasteiger partial charge in [-0.2, -0.15) is 0 Å². The summed E-state index contributed by atoms with van der Waals surface area (Å²) in [7, 11) is 4.64. The molecule has 1 amide bonds. The zero-order valence-electron chi connectivity index (χ0n) is 14.4. The lowest BCUT2D eigenvalue weighted by Gasteiger charge is -2.19. The SMILES string of the molecule is COCC(C)(C)c1nnc(NC(=O)c2c(OC)cccc2OC)s1. The summed E-state index contributed by atoms with van der Waals surface area (Å²) < 4.78 is 15.7. The maximum absolute atomic E-state index is 12.6. The first-order valence-electron chi connectivity index (χ1n) is 7.28. The topological polar surface area (TPSA) is 82.6 Å². The fourth-order valence-electron chi connectivity index (χ4n) is 2.20. The Morgan fingerprint density at radius 2 is 1.79 bits per heavy atom. The summed E-state index contributed by atoms with van der Waals surface area (Å²) in [5.74, 6) is 0.490. The second-order valence-corrected chi connectivity index (χ2v) is 6.70. The van der Waals surface area contributed by atoms with Crippen molar-refractivity contribution >= 4 is 22.4 Å². The number of amides is 1. The molecule has 0 aliphatic heterocycles. The first-order chi connectivity index (χ1) is 11.4. The molecule has 2 rings (SSSR count). The van der Waals surface area contributed by atoms with Gasteiger partial charge in [0.2, 0.25) is 5.13 Å². The molecule has 0 saturated carbocycles. The molecule has 0 saturated heterocycles. The van der Waals surface area contributed by atoms with Crippen LogP contribution in [0.4, 0.5) is 5.13 Å². The quantitative estimate of drug-likeness (QED) is 0.826. The van der Waals surface area contributed by atoms with Crippen LogP contribution in [0.2, 0.25) is 0 Å². The number of hydrogen-bond donors (Lipinski definition) is 1. The molecule has 0 aliphatic carbocycles. The summed E-state index contributed by atoms with van der Waals surface area (Å²) >= 11 is 1.31. The van der Waals surface area contributed by atoms with Gasteiger partial charge in [0.15, 0.2) is 0 Å². The molecule has 130 valence electrons. The monoisotopic (exact) mass is 351 g/mol. The van der Waals surface area contributed by atoms with Crippen molar-refractivity contribution in [2.24, 2.45) is 0 Å². The van der Waals surface area contributed by atoms with E-state index < -0.39 is 0 Å². The molecule has 8 heteroatoms. The summed E-state index contributed by atoms with van der Waals surface area (Å²) in [6.45, 7) is 4.52. The van der Waals surface area contributed by atoms with E-state index in [1.54, 1.807) is 25.3 Å². The normalized spacial score (nSPS) is 11.2. The van der Waals surface area contributed by atoms with Gasteiger partial charge in [0.1, 0.15) is 22.1 Å². The van der Waals surface area contributed by atoms with Crippen LogP contribution in [0, 0.1) is 0 Å². The van der Waals surface area contributed by atoms with Gasteiger partial charge in [-0.3, -0.25) is 10.1 Å². The highest BCUT2D eigenvalue weighted by Gasteiger charge is 2.26. The molecule has 2 aromatic rings. The van der Waals surface area contributed by atoms with Crippen LogP contribution in [0.25, 0.3) is 0 Å². The Kier molecular flexibility index (Phi) is 5.74. The Hall–Kier alpha value is -2.19. The second-order valence-electron chi connectivity index (χ2n) is 5.72. The highest BCUT2D eigenvalue weighted by molar-refractivity contribution is 7.15. The van der Waals surface area contributed by atoms with E-state index in [0.29, 0.717) is 28.8 Å². The van der Waals surface area contributed by atoms with Crippen LogP contribution >= 0.6 is 11.3 Å². The molecule has 24 heavy (non-hydrogen) atoms. The maximum Gasteiger partial charge on any atom is 0.265 e. The first kappa shape index (κ1) is 18.2. The highest BCUT2D eigenvalue weighted by atomic mass is 32.1. The Balaban J connectivity index is 2.24. The highest BCUT2D eigenvalue weighted by Crippen LogP contribution is 2.31.